The van der Waals surface area contributed by atoms with Crippen LogP contribution in [0.1, 0.15) is 5.69 Å². The first-order valence-corrected chi connectivity index (χ1v) is 12.4. The summed E-state index contributed by atoms with van der Waals surface area (Å²) in [5, 5.41) is 16.9. The number of pyridine rings is 1. The van der Waals surface area contributed by atoms with Gasteiger partial charge in [-0.2, -0.15) is 0 Å². The molecule has 196 valence electrons. The van der Waals surface area contributed by atoms with Gasteiger partial charge in [-0.25, -0.2) is 9.97 Å². The Hall–Kier alpha value is -3.83. The van der Waals surface area contributed by atoms with Crippen LogP contribution in [0.3, 0.4) is 0 Å². The Balaban J connectivity index is 1.33. The Morgan fingerprint density at radius 1 is 1.11 bits per heavy atom. The van der Waals surface area contributed by atoms with E-state index >= 15 is 0 Å². The van der Waals surface area contributed by atoms with Gasteiger partial charge >= 0.3 is 0 Å². The number of ketones is 1. The van der Waals surface area contributed by atoms with Crippen LogP contribution >= 0.6 is 11.6 Å². The Labute approximate surface area is 223 Å². The predicted octanol–water partition coefficient (Wildman–Crippen LogP) is 3.30. The largest absolute Gasteiger partial charge is 0.491 e. The second-order valence-corrected chi connectivity index (χ2v) is 8.95. The van der Waals surface area contributed by atoms with Gasteiger partial charge in [0.2, 0.25) is 0 Å². The maximum absolute atomic E-state index is 12.1. The third kappa shape index (κ3) is 6.00. The van der Waals surface area contributed by atoms with E-state index in [9.17, 15) is 9.90 Å². The molecule has 1 aliphatic heterocycles. The predicted molar refractivity (Wildman–Crippen MR) is 142 cm³/mol. The molecule has 0 saturated carbocycles. The molecule has 10 nitrogen and oxygen atoms in total. The molecule has 4 aromatic rings. The fourth-order valence-corrected chi connectivity index (χ4v) is 4.38. The van der Waals surface area contributed by atoms with Gasteiger partial charge in [0.25, 0.3) is 0 Å². The number of nitrogens with zero attached hydrogens (tertiary/aromatic N) is 3. The summed E-state index contributed by atoms with van der Waals surface area (Å²) in [6.07, 6.45) is 2.40. The number of rotatable bonds is 10. The van der Waals surface area contributed by atoms with Crippen molar-refractivity contribution in [1.82, 2.24) is 20.3 Å². The molecule has 2 aromatic carbocycles. The van der Waals surface area contributed by atoms with Gasteiger partial charge in [0.05, 0.1) is 34.3 Å². The summed E-state index contributed by atoms with van der Waals surface area (Å²) >= 11 is 6.49. The van der Waals surface area contributed by atoms with Gasteiger partial charge in [-0.05, 0) is 42.5 Å². The number of aromatic nitrogens is 3. The molecule has 0 radical (unpaired) electrons. The first kappa shape index (κ1) is 25.8. The van der Waals surface area contributed by atoms with Gasteiger partial charge in [0.15, 0.2) is 5.78 Å². The van der Waals surface area contributed by atoms with Crippen molar-refractivity contribution >= 4 is 39.8 Å². The quantitative estimate of drug-likeness (QED) is 0.278. The van der Waals surface area contributed by atoms with E-state index < -0.39 is 24.5 Å². The zero-order valence-corrected chi connectivity index (χ0v) is 21.1. The van der Waals surface area contributed by atoms with Crippen molar-refractivity contribution < 1.29 is 24.1 Å². The molecule has 0 aliphatic carbocycles. The SMILES string of the molecule is O=C(CO)C1OCCN[C@H]1COc1cccc2ncnc(Nc3ccc(OCc4ccccn4)c(Cl)c3)c12. The third-order valence-corrected chi connectivity index (χ3v) is 6.28. The highest BCUT2D eigenvalue weighted by Crippen LogP contribution is 2.34. The number of Topliss-reactive ketones (excluding diaryl/α,β-unsaturated/α-hetero) is 1. The number of aliphatic hydroxyl groups is 1. The van der Waals surface area contributed by atoms with Gasteiger partial charge in [-0.15, -0.1) is 0 Å². The van der Waals surface area contributed by atoms with Crippen LogP contribution in [0.2, 0.25) is 5.02 Å². The number of ether oxygens (including phenoxy) is 3. The number of halogens is 1. The molecule has 3 heterocycles. The molecular formula is C27H26ClN5O5. The van der Waals surface area contributed by atoms with Gasteiger partial charge in [0.1, 0.15) is 49.6 Å². The minimum Gasteiger partial charge on any atom is -0.491 e. The molecule has 5 rings (SSSR count). The molecule has 38 heavy (non-hydrogen) atoms. The van der Waals surface area contributed by atoms with E-state index in [2.05, 4.69) is 25.6 Å². The number of carbonyl (C=O) groups excluding carboxylic acids is 1. The fourth-order valence-electron chi connectivity index (χ4n) is 4.15. The number of morpholine rings is 1. The lowest BCUT2D eigenvalue weighted by atomic mass is 10.1. The number of hydrogen-bond donors (Lipinski definition) is 3. The second kappa shape index (κ2) is 12.1. The molecule has 0 spiro atoms. The lowest BCUT2D eigenvalue weighted by molar-refractivity contribution is -0.138. The zero-order chi connectivity index (χ0) is 26.3. The van der Waals surface area contributed by atoms with Crippen LogP contribution in [0.5, 0.6) is 11.5 Å². The van der Waals surface area contributed by atoms with E-state index in [0.717, 1.165) is 5.69 Å². The molecule has 1 saturated heterocycles. The maximum Gasteiger partial charge on any atom is 0.188 e. The monoisotopic (exact) mass is 535 g/mol. The number of benzene rings is 2. The summed E-state index contributed by atoms with van der Waals surface area (Å²) in [5.74, 6) is 1.21. The lowest BCUT2D eigenvalue weighted by Gasteiger charge is -2.31. The van der Waals surface area contributed by atoms with Crippen molar-refractivity contribution in [2.24, 2.45) is 0 Å². The van der Waals surface area contributed by atoms with Crippen LogP contribution in [-0.4, -0.2) is 64.4 Å². The van der Waals surface area contributed by atoms with E-state index in [1.54, 1.807) is 18.3 Å². The van der Waals surface area contributed by atoms with Gasteiger partial charge in [0, 0.05) is 18.4 Å². The van der Waals surface area contributed by atoms with Crippen molar-refractivity contribution in [2.45, 2.75) is 18.8 Å². The maximum atomic E-state index is 12.1. The standard InChI is InChI=1S/C27H26ClN5O5/c28-19-12-17(7-8-23(19)37-14-18-4-1-2-9-29-18)33-27-25-20(31-16-32-27)5-3-6-24(25)38-15-21-26(22(35)13-34)36-11-10-30-21/h1-9,12,16,21,26,30,34H,10-11,13-15H2,(H,31,32,33)/t21-,26?/m0/s1. The van der Waals surface area contributed by atoms with E-state index in [4.69, 9.17) is 25.8 Å². The molecule has 1 fully saturated rings. The van der Waals surface area contributed by atoms with Crippen molar-refractivity contribution in [3.05, 3.63) is 77.8 Å². The van der Waals surface area contributed by atoms with Crippen LogP contribution in [-0.2, 0) is 16.1 Å². The minimum absolute atomic E-state index is 0.151. The molecule has 0 bridgehead atoms. The highest BCUT2D eigenvalue weighted by molar-refractivity contribution is 6.32. The molecule has 0 amide bonds. The molecule has 2 atom stereocenters. The smallest absolute Gasteiger partial charge is 0.188 e. The van der Waals surface area contributed by atoms with Crippen molar-refractivity contribution in [3.8, 4) is 11.5 Å². The number of fused-ring (bicyclic) bond motifs is 1. The van der Waals surface area contributed by atoms with Crippen molar-refractivity contribution in [3.63, 3.8) is 0 Å². The topological polar surface area (TPSA) is 128 Å². The number of carbonyl (C=O) groups is 1. The van der Waals surface area contributed by atoms with Crippen molar-refractivity contribution in [1.29, 1.82) is 0 Å². The summed E-state index contributed by atoms with van der Waals surface area (Å²) in [7, 11) is 0. The fraction of sp³-hybridized carbons (Fsp3) is 0.259. The second-order valence-electron chi connectivity index (χ2n) is 8.54. The number of aliphatic hydroxyl groups excluding tert-OH is 1. The van der Waals surface area contributed by atoms with Gasteiger partial charge in [-0.3, -0.25) is 9.78 Å². The number of nitrogens with one attached hydrogen (secondary N) is 2. The molecule has 3 N–H and O–H groups in total. The molecule has 2 aromatic heterocycles. The highest BCUT2D eigenvalue weighted by atomic mass is 35.5. The van der Waals surface area contributed by atoms with Crippen LogP contribution in [0.25, 0.3) is 10.9 Å². The van der Waals surface area contributed by atoms with Gasteiger partial charge < -0.3 is 30.0 Å². The first-order valence-electron chi connectivity index (χ1n) is 12.1. The van der Waals surface area contributed by atoms with Crippen molar-refractivity contribution in [2.75, 3.05) is 31.7 Å². The molecule has 11 heteroatoms. The van der Waals surface area contributed by atoms with Gasteiger partial charge in [-0.1, -0.05) is 23.7 Å². The normalized spacial score (nSPS) is 17.2. The number of hydrogen-bond acceptors (Lipinski definition) is 10. The van der Waals surface area contributed by atoms with Crippen LogP contribution in [0, 0.1) is 0 Å². The van der Waals surface area contributed by atoms with Crippen LogP contribution in [0.15, 0.2) is 67.1 Å². The Kier molecular flexibility index (Phi) is 8.25. The van der Waals surface area contributed by atoms with E-state index in [-0.39, 0.29) is 6.61 Å². The Bertz CT molecular complexity index is 1400. The van der Waals surface area contributed by atoms with Crippen LogP contribution in [0.4, 0.5) is 11.5 Å². The Morgan fingerprint density at radius 2 is 2.03 bits per heavy atom. The zero-order valence-electron chi connectivity index (χ0n) is 20.3. The highest BCUT2D eigenvalue weighted by Gasteiger charge is 2.32. The number of anilines is 2. The average molecular weight is 536 g/mol. The van der Waals surface area contributed by atoms with E-state index in [0.29, 0.717) is 58.7 Å². The van der Waals surface area contributed by atoms with E-state index in [1.165, 1.54) is 6.33 Å². The summed E-state index contributed by atoms with van der Waals surface area (Å²) < 4.78 is 17.5. The molecule has 1 aliphatic rings. The Morgan fingerprint density at radius 3 is 2.84 bits per heavy atom. The van der Waals surface area contributed by atoms with E-state index in [1.807, 2.05) is 42.5 Å². The average Bonchev–Trinajstić information content (AvgIpc) is 2.96. The summed E-state index contributed by atoms with van der Waals surface area (Å²) in [6, 6.07) is 16.1. The third-order valence-electron chi connectivity index (χ3n) is 5.98. The van der Waals surface area contributed by atoms with Crippen LogP contribution < -0.4 is 20.1 Å². The summed E-state index contributed by atoms with van der Waals surface area (Å²) in [6.45, 7) is 0.832. The minimum atomic E-state index is -0.780. The lowest BCUT2D eigenvalue weighted by Crippen LogP contribution is -2.55. The summed E-state index contributed by atoms with van der Waals surface area (Å²) in [5.41, 5.74) is 2.18. The molecular weight excluding hydrogens is 510 g/mol. The first-order chi connectivity index (χ1) is 18.6. The summed E-state index contributed by atoms with van der Waals surface area (Å²) in [4.78, 5) is 25.1. The molecule has 1 unspecified atom stereocenters.